The molecule has 76 valence electrons. The van der Waals surface area contributed by atoms with E-state index in [0.717, 1.165) is 11.5 Å². The Bertz CT molecular complexity index is 449. The number of benzene rings is 1. The van der Waals surface area contributed by atoms with Gasteiger partial charge in [-0.1, -0.05) is 18.2 Å². The molecule has 1 heterocycles. The minimum Gasteiger partial charge on any atom is -0.340 e. The summed E-state index contributed by atoms with van der Waals surface area (Å²) < 4.78 is 0. The third-order valence-electron chi connectivity index (χ3n) is 2.51. The molecule has 0 saturated heterocycles. The second kappa shape index (κ2) is 4.13. The number of para-hydroxylation sites is 1. The van der Waals surface area contributed by atoms with Crippen LogP contribution < -0.4 is 5.32 Å². The van der Waals surface area contributed by atoms with Crippen LogP contribution in [-0.4, -0.2) is 4.98 Å². The Hall–Kier alpha value is -1.83. The van der Waals surface area contributed by atoms with Crippen molar-refractivity contribution < 1.29 is 0 Å². The maximum Gasteiger partial charge on any atom is 0.133 e. The van der Waals surface area contributed by atoms with Gasteiger partial charge in [-0.2, -0.15) is 0 Å². The Morgan fingerprint density at radius 3 is 2.47 bits per heavy atom. The molecule has 0 spiro atoms. The average molecular weight is 198 g/mol. The fourth-order valence-electron chi connectivity index (χ4n) is 1.42. The first-order valence-electron chi connectivity index (χ1n) is 5.01. The van der Waals surface area contributed by atoms with Gasteiger partial charge >= 0.3 is 0 Å². The summed E-state index contributed by atoms with van der Waals surface area (Å²) in [4.78, 5) is 4.32. The number of aromatic nitrogens is 1. The zero-order valence-corrected chi connectivity index (χ0v) is 8.99. The van der Waals surface area contributed by atoms with Crippen molar-refractivity contribution in [2.45, 2.75) is 13.8 Å². The molecular weight excluding hydrogens is 184 g/mol. The minimum atomic E-state index is 0.932. The molecule has 2 rings (SSSR count). The first-order chi connectivity index (χ1) is 7.27. The van der Waals surface area contributed by atoms with Crippen LogP contribution in [0.5, 0.6) is 0 Å². The van der Waals surface area contributed by atoms with Gasteiger partial charge in [0.15, 0.2) is 0 Å². The first-order valence-corrected chi connectivity index (χ1v) is 5.01. The molecule has 1 aromatic heterocycles. The van der Waals surface area contributed by atoms with Gasteiger partial charge in [0.25, 0.3) is 0 Å². The molecule has 1 aromatic carbocycles. The van der Waals surface area contributed by atoms with Gasteiger partial charge in [-0.15, -0.1) is 0 Å². The molecule has 0 aliphatic carbocycles. The predicted molar refractivity (Wildman–Crippen MR) is 63.4 cm³/mol. The summed E-state index contributed by atoms with van der Waals surface area (Å²) >= 11 is 0. The maximum absolute atomic E-state index is 4.32. The van der Waals surface area contributed by atoms with Gasteiger partial charge in [0, 0.05) is 11.9 Å². The molecule has 0 saturated carbocycles. The normalized spacial score (nSPS) is 10.0. The summed E-state index contributed by atoms with van der Waals surface area (Å²) in [6, 6.07) is 12.1. The van der Waals surface area contributed by atoms with Gasteiger partial charge < -0.3 is 5.32 Å². The zero-order chi connectivity index (χ0) is 10.7. The zero-order valence-electron chi connectivity index (χ0n) is 8.99. The molecule has 2 heteroatoms. The average Bonchev–Trinajstić information content (AvgIpc) is 2.26. The van der Waals surface area contributed by atoms with Crippen LogP contribution in [0.1, 0.15) is 11.1 Å². The predicted octanol–water partition coefficient (Wildman–Crippen LogP) is 3.44. The van der Waals surface area contributed by atoms with Crippen LogP contribution in [0.4, 0.5) is 11.5 Å². The standard InChI is InChI=1S/C13H14N2/c1-10-8-9-14-13(11(10)2)15-12-6-4-3-5-7-12/h3-9H,1-2H3,(H,14,15). The lowest BCUT2D eigenvalue weighted by molar-refractivity contribution is 1.21. The van der Waals surface area contributed by atoms with Crippen molar-refractivity contribution in [1.82, 2.24) is 4.98 Å². The van der Waals surface area contributed by atoms with Gasteiger partial charge in [0.05, 0.1) is 0 Å². The fraction of sp³-hybridized carbons (Fsp3) is 0.154. The van der Waals surface area contributed by atoms with Crippen molar-refractivity contribution in [2.24, 2.45) is 0 Å². The van der Waals surface area contributed by atoms with Gasteiger partial charge in [0.2, 0.25) is 0 Å². The van der Waals surface area contributed by atoms with E-state index < -0.39 is 0 Å². The molecular formula is C13H14N2. The molecule has 0 radical (unpaired) electrons. The number of pyridine rings is 1. The Labute approximate surface area is 90.0 Å². The van der Waals surface area contributed by atoms with Gasteiger partial charge in [-0.05, 0) is 43.2 Å². The minimum absolute atomic E-state index is 0.932. The highest BCUT2D eigenvalue weighted by atomic mass is 15.0. The van der Waals surface area contributed by atoms with E-state index in [1.54, 1.807) is 0 Å². The third kappa shape index (κ3) is 2.15. The van der Waals surface area contributed by atoms with Crippen LogP contribution in [0.3, 0.4) is 0 Å². The van der Waals surface area contributed by atoms with Gasteiger partial charge in [-0.3, -0.25) is 0 Å². The molecule has 0 aliphatic heterocycles. The number of aryl methyl sites for hydroxylation is 1. The molecule has 0 bridgehead atoms. The summed E-state index contributed by atoms with van der Waals surface area (Å²) in [6.07, 6.45) is 1.83. The maximum atomic E-state index is 4.32. The van der Waals surface area contributed by atoms with Crippen LogP contribution in [0.25, 0.3) is 0 Å². The largest absolute Gasteiger partial charge is 0.340 e. The van der Waals surface area contributed by atoms with Crippen molar-refractivity contribution >= 4 is 11.5 Å². The Morgan fingerprint density at radius 1 is 1.00 bits per heavy atom. The SMILES string of the molecule is Cc1ccnc(Nc2ccccc2)c1C. The summed E-state index contributed by atoms with van der Waals surface area (Å²) in [5.74, 6) is 0.932. The first kappa shape index (κ1) is 9.71. The third-order valence-corrected chi connectivity index (χ3v) is 2.51. The number of nitrogens with one attached hydrogen (secondary N) is 1. The molecule has 15 heavy (non-hydrogen) atoms. The number of hydrogen-bond donors (Lipinski definition) is 1. The second-order valence-electron chi connectivity index (χ2n) is 3.59. The van der Waals surface area contributed by atoms with Crippen molar-refractivity contribution in [1.29, 1.82) is 0 Å². The monoisotopic (exact) mass is 198 g/mol. The van der Waals surface area contributed by atoms with E-state index >= 15 is 0 Å². The molecule has 1 N–H and O–H groups in total. The van der Waals surface area contributed by atoms with E-state index in [4.69, 9.17) is 0 Å². The van der Waals surface area contributed by atoms with Crippen LogP contribution in [0.15, 0.2) is 42.6 Å². The van der Waals surface area contributed by atoms with E-state index in [-0.39, 0.29) is 0 Å². The number of nitrogens with zero attached hydrogens (tertiary/aromatic N) is 1. The summed E-state index contributed by atoms with van der Waals surface area (Å²) in [6.45, 7) is 4.17. The lowest BCUT2D eigenvalue weighted by Crippen LogP contribution is -1.97. The van der Waals surface area contributed by atoms with Crippen LogP contribution in [-0.2, 0) is 0 Å². The highest BCUT2D eigenvalue weighted by molar-refractivity contribution is 5.59. The molecule has 0 aliphatic rings. The number of rotatable bonds is 2. The quantitative estimate of drug-likeness (QED) is 0.799. The van der Waals surface area contributed by atoms with Crippen molar-refractivity contribution in [3.8, 4) is 0 Å². The molecule has 0 unspecified atom stereocenters. The Kier molecular flexibility index (Phi) is 2.68. The smallest absolute Gasteiger partial charge is 0.133 e. The van der Waals surface area contributed by atoms with Crippen LogP contribution in [0, 0.1) is 13.8 Å². The lowest BCUT2D eigenvalue weighted by atomic mass is 10.1. The number of anilines is 2. The van der Waals surface area contributed by atoms with E-state index in [9.17, 15) is 0 Å². The second-order valence-corrected chi connectivity index (χ2v) is 3.59. The van der Waals surface area contributed by atoms with E-state index in [0.29, 0.717) is 0 Å². The highest BCUT2D eigenvalue weighted by Crippen LogP contribution is 2.19. The summed E-state index contributed by atoms with van der Waals surface area (Å²) in [5, 5.41) is 3.30. The summed E-state index contributed by atoms with van der Waals surface area (Å²) in [7, 11) is 0. The number of hydrogen-bond acceptors (Lipinski definition) is 2. The van der Waals surface area contributed by atoms with E-state index in [1.807, 2.05) is 42.6 Å². The molecule has 0 fully saturated rings. The van der Waals surface area contributed by atoms with Crippen molar-refractivity contribution in [2.75, 3.05) is 5.32 Å². The van der Waals surface area contributed by atoms with Crippen molar-refractivity contribution in [3.63, 3.8) is 0 Å². The Balaban J connectivity index is 2.29. The van der Waals surface area contributed by atoms with Gasteiger partial charge in [0.1, 0.15) is 5.82 Å². The highest BCUT2D eigenvalue weighted by Gasteiger charge is 2.01. The fourth-order valence-corrected chi connectivity index (χ4v) is 1.42. The van der Waals surface area contributed by atoms with E-state index in [2.05, 4.69) is 24.1 Å². The Morgan fingerprint density at radius 2 is 1.73 bits per heavy atom. The lowest BCUT2D eigenvalue weighted by Gasteiger charge is -2.09. The summed E-state index contributed by atoms with van der Waals surface area (Å²) in [5.41, 5.74) is 3.52. The van der Waals surface area contributed by atoms with Crippen LogP contribution >= 0.6 is 0 Å². The van der Waals surface area contributed by atoms with Crippen LogP contribution in [0.2, 0.25) is 0 Å². The van der Waals surface area contributed by atoms with Crippen molar-refractivity contribution in [3.05, 3.63) is 53.7 Å². The molecule has 2 aromatic rings. The molecule has 2 nitrogen and oxygen atoms in total. The van der Waals surface area contributed by atoms with Gasteiger partial charge in [-0.25, -0.2) is 4.98 Å². The van der Waals surface area contributed by atoms with E-state index in [1.165, 1.54) is 11.1 Å². The molecule has 0 atom stereocenters. The molecule has 0 amide bonds. The topological polar surface area (TPSA) is 24.9 Å².